The molecule has 28 heavy (non-hydrogen) atoms. The average Bonchev–Trinajstić information content (AvgIpc) is 3.02. The zero-order valence-electron chi connectivity index (χ0n) is 17.2. The van der Waals surface area contributed by atoms with Crippen molar-refractivity contribution in [3.63, 3.8) is 0 Å². The Labute approximate surface area is 165 Å². The minimum Gasteiger partial charge on any atom is -0.504 e. The molecule has 0 radical (unpaired) electrons. The van der Waals surface area contributed by atoms with E-state index < -0.39 is 0 Å². The lowest BCUT2D eigenvalue weighted by atomic mass is 9.85. The SMILES string of the molecule is COc1cc([C@@H]2O[C@H](c3cc(OC)c(OC)c(OC)c3)[C@@H](C)[C@H]2C)ccc1O. The first-order valence-electron chi connectivity index (χ1n) is 9.27. The summed E-state index contributed by atoms with van der Waals surface area (Å²) >= 11 is 0. The van der Waals surface area contributed by atoms with Crippen molar-refractivity contribution in [2.24, 2.45) is 11.8 Å². The van der Waals surface area contributed by atoms with Crippen LogP contribution in [0.5, 0.6) is 28.7 Å². The molecule has 2 aromatic carbocycles. The molecule has 1 aliphatic rings. The van der Waals surface area contributed by atoms with Gasteiger partial charge in [-0.15, -0.1) is 0 Å². The molecular weight excluding hydrogens is 360 g/mol. The van der Waals surface area contributed by atoms with Gasteiger partial charge in [0.15, 0.2) is 23.0 Å². The van der Waals surface area contributed by atoms with Crippen LogP contribution in [0.15, 0.2) is 30.3 Å². The first-order chi connectivity index (χ1) is 13.4. The third-order valence-corrected chi connectivity index (χ3v) is 5.63. The van der Waals surface area contributed by atoms with E-state index in [0.717, 1.165) is 11.1 Å². The second kappa shape index (κ2) is 8.19. The van der Waals surface area contributed by atoms with Gasteiger partial charge in [-0.3, -0.25) is 0 Å². The summed E-state index contributed by atoms with van der Waals surface area (Å²) in [5, 5.41) is 9.88. The van der Waals surface area contributed by atoms with Crippen molar-refractivity contribution in [3.05, 3.63) is 41.5 Å². The molecule has 0 spiro atoms. The van der Waals surface area contributed by atoms with E-state index in [9.17, 15) is 5.11 Å². The molecule has 0 unspecified atom stereocenters. The van der Waals surface area contributed by atoms with Crippen molar-refractivity contribution < 1.29 is 28.8 Å². The topological polar surface area (TPSA) is 66.4 Å². The van der Waals surface area contributed by atoms with E-state index in [1.54, 1.807) is 34.5 Å². The maximum absolute atomic E-state index is 9.88. The molecule has 1 heterocycles. The number of phenolic OH excluding ortho intramolecular Hbond substituents is 1. The average molecular weight is 388 g/mol. The number of methoxy groups -OCH3 is 4. The van der Waals surface area contributed by atoms with E-state index in [1.807, 2.05) is 24.3 Å². The van der Waals surface area contributed by atoms with Crippen molar-refractivity contribution in [2.45, 2.75) is 26.1 Å². The molecule has 1 saturated heterocycles. The first-order valence-corrected chi connectivity index (χ1v) is 9.27. The maximum Gasteiger partial charge on any atom is 0.203 e. The molecule has 3 rings (SSSR count). The lowest BCUT2D eigenvalue weighted by Gasteiger charge is -2.20. The molecule has 0 bridgehead atoms. The van der Waals surface area contributed by atoms with Crippen LogP contribution in [-0.4, -0.2) is 33.5 Å². The van der Waals surface area contributed by atoms with Crippen LogP contribution in [0.4, 0.5) is 0 Å². The van der Waals surface area contributed by atoms with Gasteiger partial charge in [0.05, 0.1) is 40.6 Å². The lowest BCUT2D eigenvalue weighted by Crippen LogP contribution is -2.10. The van der Waals surface area contributed by atoms with Crippen molar-refractivity contribution in [1.29, 1.82) is 0 Å². The highest BCUT2D eigenvalue weighted by Crippen LogP contribution is 2.51. The summed E-state index contributed by atoms with van der Waals surface area (Å²) in [7, 11) is 6.34. The van der Waals surface area contributed by atoms with Crippen LogP contribution in [0.25, 0.3) is 0 Å². The third-order valence-electron chi connectivity index (χ3n) is 5.63. The molecule has 6 nitrogen and oxygen atoms in total. The second-order valence-corrected chi connectivity index (χ2v) is 7.09. The first kappa shape index (κ1) is 20.1. The second-order valence-electron chi connectivity index (χ2n) is 7.09. The van der Waals surface area contributed by atoms with Crippen molar-refractivity contribution in [3.8, 4) is 28.7 Å². The Morgan fingerprint density at radius 1 is 0.714 bits per heavy atom. The quantitative estimate of drug-likeness (QED) is 0.785. The van der Waals surface area contributed by atoms with Crippen LogP contribution in [0.1, 0.15) is 37.2 Å². The number of aromatic hydroxyl groups is 1. The molecule has 6 heteroatoms. The molecular formula is C22H28O6. The minimum absolute atomic E-state index is 0.117. The zero-order valence-corrected chi connectivity index (χ0v) is 17.2. The van der Waals surface area contributed by atoms with Gasteiger partial charge in [-0.1, -0.05) is 19.9 Å². The van der Waals surface area contributed by atoms with Crippen LogP contribution < -0.4 is 18.9 Å². The van der Waals surface area contributed by atoms with Gasteiger partial charge >= 0.3 is 0 Å². The van der Waals surface area contributed by atoms with E-state index >= 15 is 0 Å². The maximum atomic E-state index is 9.88. The number of phenols is 1. The highest BCUT2D eigenvalue weighted by atomic mass is 16.5. The standard InChI is InChI=1S/C22H28O6/c1-12-13(2)21(15-10-18(25-4)22(27-6)19(11-15)26-5)28-20(12)14-7-8-16(23)17(9-14)24-3/h7-13,20-21,23H,1-6H3/t12-,13+,20-,21+/m1/s1. The van der Waals surface area contributed by atoms with Gasteiger partial charge in [-0.25, -0.2) is 0 Å². The number of rotatable bonds is 6. The van der Waals surface area contributed by atoms with E-state index in [4.69, 9.17) is 23.7 Å². The Bertz CT molecular complexity index is 809. The number of hydrogen-bond donors (Lipinski definition) is 1. The van der Waals surface area contributed by atoms with Gasteiger partial charge in [0, 0.05) is 0 Å². The molecule has 0 saturated carbocycles. The Morgan fingerprint density at radius 2 is 1.21 bits per heavy atom. The molecule has 0 aromatic heterocycles. The van der Waals surface area contributed by atoms with E-state index in [1.165, 1.54) is 0 Å². The molecule has 0 aliphatic carbocycles. The lowest BCUT2D eigenvalue weighted by molar-refractivity contribution is 0.0286. The Balaban J connectivity index is 1.97. The molecule has 1 fully saturated rings. The summed E-state index contributed by atoms with van der Waals surface area (Å²) in [5.41, 5.74) is 1.95. The molecule has 2 aromatic rings. The predicted molar refractivity (Wildman–Crippen MR) is 106 cm³/mol. The van der Waals surface area contributed by atoms with Crippen LogP contribution in [0.2, 0.25) is 0 Å². The van der Waals surface area contributed by atoms with Crippen LogP contribution in [0, 0.1) is 11.8 Å². The summed E-state index contributed by atoms with van der Waals surface area (Å²) in [6, 6.07) is 9.23. The van der Waals surface area contributed by atoms with Crippen LogP contribution in [0.3, 0.4) is 0 Å². The van der Waals surface area contributed by atoms with Gasteiger partial charge in [0.1, 0.15) is 0 Å². The summed E-state index contributed by atoms with van der Waals surface area (Å²) in [6.07, 6.45) is -0.248. The van der Waals surface area contributed by atoms with E-state index in [2.05, 4.69) is 13.8 Å². The Hall–Kier alpha value is -2.60. The monoisotopic (exact) mass is 388 g/mol. The molecule has 1 aliphatic heterocycles. The fourth-order valence-corrected chi connectivity index (χ4v) is 3.86. The smallest absolute Gasteiger partial charge is 0.203 e. The minimum atomic E-state index is -0.131. The highest BCUT2D eigenvalue weighted by Gasteiger charge is 2.41. The molecule has 4 atom stereocenters. The largest absolute Gasteiger partial charge is 0.504 e. The summed E-state index contributed by atoms with van der Waals surface area (Å²) in [6.45, 7) is 4.35. The fraction of sp³-hybridized carbons (Fsp3) is 0.455. The van der Waals surface area contributed by atoms with Gasteiger partial charge in [0.25, 0.3) is 0 Å². The number of ether oxygens (including phenoxy) is 5. The molecule has 0 amide bonds. The zero-order chi connectivity index (χ0) is 20.4. The molecule has 152 valence electrons. The van der Waals surface area contributed by atoms with Gasteiger partial charge in [0.2, 0.25) is 5.75 Å². The van der Waals surface area contributed by atoms with Crippen molar-refractivity contribution >= 4 is 0 Å². The van der Waals surface area contributed by atoms with Crippen molar-refractivity contribution in [2.75, 3.05) is 28.4 Å². The number of benzene rings is 2. The van der Waals surface area contributed by atoms with Gasteiger partial charge in [-0.2, -0.15) is 0 Å². The normalized spacial score (nSPS) is 24.1. The van der Waals surface area contributed by atoms with E-state index in [-0.39, 0.29) is 29.8 Å². The molecule has 1 N–H and O–H groups in total. The third kappa shape index (κ3) is 3.44. The number of hydrogen-bond acceptors (Lipinski definition) is 6. The summed E-state index contributed by atoms with van der Waals surface area (Å²) < 4.78 is 28.1. The Kier molecular flexibility index (Phi) is 5.89. The highest BCUT2D eigenvalue weighted by molar-refractivity contribution is 5.54. The van der Waals surface area contributed by atoms with Crippen molar-refractivity contribution in [1.82, 2.24) is 0 Å². The summed E-state index contributed by atoms with van der Waals surface area (Å²) in [4.78, 5) is 0. The predicted octanol–water partition coefficient (Wildman–Crippen LogP) is 4.51. The fourth-order valence-electron chi connectivity index (χ4n) is 3.86. The summed E-state index contributed by atoms with van der Waals surface area (Å²) in [5.74, 6) is 2.85. The van der Waals surface area contributed by atoms with Gasteiger partial charge in [-0.05, 0) is 47.2 Å². The van der Waals surface area contributed by atoms with Crippen LogP contribution in [-0.2, 0) is 4.74 Å². The van der Waals surface area contributed by atoms with E-state index in [0.29, 0.717) is 23.0 Å². The van der Waals surface area contributed by atoms with Gasteiger partial charge < -0.3 is 28.8 Å². The van der Waals surface area contributed by atoms with Crippen LogP contribution >= 0.6 is 0 Å². The Morgan fingerprint density at radius 3 is 1.71 bits per heavy atom.